The number of hydrogen-bond donors (Lipinski definition) is 0. The van der Waals surface area contributed by atoms with Gasteiger partial charge in [-0.05, 0) is 18.1 Å². The van der Waals surface area contributed by atoms with Gasteiger partial charge in [0, 0.05) is 6.42 Å². The van der Waals surface area contributed by atoms with Crippen LogP contribution in [-0.4, -0.2) is 26.0 Å². The number of ether oxygens (including phenoxy) is 1. The van der Waals surface area contributed by atoms with Gasteiger partial charge in [-0.15, -0.1) is 0 Å². The van der Waals surface area contributed by atoms with Crippen LogP contribution in [0.25, 0.3) is 0 Å². The summed E-state index contributed by atoms with van der Waals surface area (Å²) in [5.74, 6) is -1.20. The molecule has 2 rings (SSSR count). The van der Waals surface area contributed by atoms with E-state index in [-0.39, 0.29) is 13.0 Å². The van der Waals surface area contributed by atoms with Crippen LogP contribution in [0.15, 0.2) is 54.6 Å². The third-order valence-corrected chi connectivity index (χ3v) is 4.61. The summed E-state index contributed by atoms with van der Waals surface area (Å²) in [4.78, 5) is 12.2. The molecule has 0 bridgehead atoms. The monoisotopic (exact) mass is 402 g/mol. The summed E-state index contributed by atoms with van der Waals surface area (Å²) < 4.78 is 69.7. The minimum absolute atomic E-state index is 0.223. The molecule has 9 heteroatoms. The van der Waals surface area contributed by atoms with Crippen molar-refractivity contribution in [1.29, 1.82) is 0 Å². The highest BCUT2D eigenvalue weighted by molar-refractivity contribution is 7.87. The Morgan fingerprint density at radius 3 is 2.15 bits per heavy atom. The summed E-state index contributed by atoms with van der Waals surface area (Å²) in [5.41, 5.74) is -3.72. The van der Waals surface area contributed by atoms with Gasteiger partial charge in [0.05, 0.1) is 0 Å². The van der Waals surface area contributed by atoms with Crippen LogP contribution in [0.5, 0.6) is 0 Å². The highest BCUT2D eigenvalue weighted by Crippen LogP contribution is 2.27. The van der Waals surface area contributed by atoms with Gasteiger partial charge in [-0.1, -0.05) is 60.2 Å². The van der Waals surface area contributed by atoms with Crippen molar-refractivity contribution in [2.75, 3.05) is 0 Å². The van der Waals surface area contributed by atoms with Crippen molar-refractivity contribution in [1.82, 2.24) is 0 Å². The molecule has 0 radical (unpaired) electrons. The summed E-state index contributed by atoms with van der Waals surface area (Å²) in [5, 5.41) is 0. The van der Waals surface area contributed by atoms with Gasteiger partial charge in [0.15, 0.2) is 6.10 Å². The van der Waals surface area contributed by atoms with Crippen molar-refractivity contribution in [2.45, 2.75) is 31.6 Å². The summed E-state index contributed by atoms with van der Waals surface area (Å²) in [6.45, 7) is 1.58. The molecule has 27 heavy (non-hydrogen) atoms. The van der Waals surface area contributed by atoms with Gasteiger partial charge < -0.3 is 4.74 Å². The number of rotatable bonds is 7. The first kappa shape index (κ1) is 20.9. The Bertz CT molecular complexity index is 862. The molecule has 0 heterocycles. The average Bonchev–Trinajstić information content (AvgIpc) is 2.60. The van der Waals surface area contributed by atoms with Crippen LogP contribution < -0.4 is 0 Å². The predicted octanol–water partition coefficient (Wildman–Crippen LogP) is 3.52. The minimum Gasteiger partial charge on any atom is -0.459 e. The van der Waals surface area contributed by atoms with Crippen molar-refractivity contribution in [2.24, 2.45) is 0 Å². The van der Waals surface area contributed by atoms with Gasteiger partial charge in [-0.2, -0.15) is 21.6 Å². The molecular formula is C18H17F3O5S. The molecule has 146 valence electrons. The lowest BCUT2D eigenvalue weighted by atomic mass is 10.1. The quantitative estimate of drug-likeness (QED) is 0.403. The Morgan fingerprint density at radius 2 is 1.59 bits per heavy atom. The summed E-state index contributed by atoms with van der Waals surface area (Å²) in [6.07, 6.45) is -2.34. The topological polar surface area (TPSA) is 69.7 Å². The third-order valence-electron chi connectivity index (χ3n) is 3.55. The van der Waals surface area contributed by atoms with Crippen LogP contribution in [0.3, 0.4) is 0 Å². The van der Waals surface area contributed by atoms with Gasteiger partial charge in [0.2, 0.25) is 0 Å². The molecule has 2 aromatic carbocycles. The van der Waals surface area contributed by atoms with Crippen LogP contribution >= 0.6 is 0 Å². The van der Waals surface area contributed by atoms with Gasteiger partial charge in [-0.25, -0.2) is 8.98 Å². The number of benzene rings is 2. The normalized spacial score (nSPS) is 13.2. The van der Waals surface area contributed by atoms with E-state index in [1.165, 1.54) is 0 Å². The zero-order valence-electron chi connectivity index (χ0n) is 14.3. The van der Waals surface area contributed by atoms with Crippen molar-refractivity contribution in [3.8, 4) is 0 Å². The van der Waals surface area contributed by atoms with Crippen molar-refractivity contribution in [3.05, 3.63) is 71.3 Å². The lowest BCUT2D eigenvalue weighted by Gasteiger charge is -2.18. The zero-order chi connectivity index (χ0) is 20.1. The molecule has 0 N–H and O–H groups in total. The maximum absolute atomic E-state index is 12.6. The third kappa shape index (κ3) is 6.07. The van der Waals surface area contributed by atoms with Crippen molar-refractivity contribution < 1.29 is 35.3 Å². The van der Waals surface area contributed by atoms with E-state index in [0.717, 1.165) is 5.56 Å². The zero-order valence-corrected chi connectivity index (χ0v) is 15.1. The highest BCUT2D eigenvalue weighted by atomic mass is 32.2. The number of carbonyl (C=O) groups excluding carboxylic acids is 1. The van der Waals surface area contributed by atoms with E-state index in [4.69, 9.17) is 4.74 Å². The van der Waals surface area contributed by atoms with E-state index in [9.17, 15) is 26.4 Å². The molecule has 0 spiro atoms. The predicted molar refractivity (Wildman–Crippen MR) is 91.0 cm³/mol. The molecule has 0 aliphatic rings. The van der Waals surface area contributed by atoms with Gasteiger partial charge >= 0.3 is 21.6 Å². The molecule has 0 aromatic heterocycles. The molecule has 0 aliphatic carbocycles. The smallest absolute Gasteiger partial charge is 0.459 e. The van der Waals surface area contributed by atoms with Gasteiger partial charge in [-0.3, -0.25) is 0 Å². The Balaban J connectivity index is 2.17. The molecular weight excluding hydrogens is 385 g/mol. The van der Waals surface area contributed by atoms with Crippen LogP contribution in [0.2, 0.25) is 0 Å². The Kier molecular flexibility index (Phi) is 6.61. The number of carbonyl (C=O) groups is 1. The number of aryl methyl sites for hydroxylation is 1. The van der Waals surface area contributed by atoms with E-state index in [1.807, 2.05) is 0 Å². The SMILES string of the molecule is Cc1ccc(C[C@@H](OS(=O)(=O)C(F)(F)F)C(=O)OCc2ccccc2)cc1. The average molecular weight is 402 g/mol. The van der Waals surface area contributed by atoms with E-state index in [0.29, 0.717) is 11.1 Å². The largest absolute Gasteiger partial charge is 0.523 e. The first-order chi connectivity index (χ1) is 12.6. The van der Waals surface area contributed by atoms with E-state index in [2.05, 4.69) is 4.18 Å². The molecule has 0 saturated carbocycles. The number of halogens is 3. The number of esters is 1. The summed E-state index contributed by atoms with van der Waals surface area (Å²) >= 11 is 0. The molecule has 2 aromatic rings. The molecule has 1 atom stereocenters. The van der Waals surface area contributed by atoms with E-state index in [1.54, 1.807) is 61.5 Å². The van der Waals surface area contributed by atoms with Gasteiger partial charge in [0.25, 0.3) is 0 Å². The van der Waals surface area contributed by atoms with Gasteiger partial charge in [0.1, 0.15) is 6.61 Å². The maximum atomic E-state index is 12.6. The first-order valence-corrected chi connectivity index (χ1v) is 9.25. The fourth-order valence-corrected chi connectivity index (χ4v) is 2.69. The molecule has 5 nitrogen and oxygen atoms in total. The van der Waals surface area contributed by atoms with Crippen LogP contribution in [0.4, 0.5) is 13.2 Å². The lowest BCUT2D eigenvalue weighted by molar-refractivity contribution is -0.153. The Morgan fingerprint density at radius 1 is 1.00 bits per heavy atom. The second-order valence-electron chi connectivity index (χ2n) is 5.77. The van der Waals surface area contributed by atoms with Crippen LogP contribution in [0.1, 0.15) is 16.7 Å². The number of hydrogen-bond acceptors (Lipinski definition) is 5. The Hall–Kier alpha value is -2.39. The van der Waals surface area contributed by atoms with Crippen LogP contribution in [-0.2, 0) is 36.9 Å². The van der Waals surface area contributed by atoms with Crippen LogP contribution in [0, 0.1) is 6.92 Å². The summed E-state index contributed by atoms with van der Waals surface area (Å²) in [7, 11) is -5.95. The minimum atomic E-state index is -5.95. The van der Waals surface area contributed by atoms with E-state index >= 15 is 0 Å². The Labute approximate surface area is 154 Å². The standard InChI is InChI=1S/C18H17F3O5S/c1-13-7-9-14(10-8-13)11-16(26-27(23,24)18(19,20)21)17(22)25-12-15-5-3-2-4-6-15/h2-10,16H,11-12H2,1H3/t16-/m1/s1. The molecule has 0 unspecified atom stereocenters. The molecule has 0 saturated heterocycles. The fourth-order valence-electron chi connectivity index (χ4n) is 2.12. The fraction of sp³-hybridized carbons (Fsp3) is 0.278. The number of alkyl halides is 3. The van der Waals surface area contributed by atoms with E-state index < -0.39 is 27.7 Å². The second kappa shape index (κ2) is 8.53. The van der Waals surface area contributed by atoms with Crippen molar-refractivity contribution >= 4 is 16.1 Å². The molecule has 0 aliphatic heterocycles. The maximum Gasteiger partial charge on any atom is 0.523 e. The second-order valence-corrected chi connectivity index (χ2v) is 7.33. The summed E-state index contributed by atoms with van der Waals surface area (Å²) in [6, 6.07) is 14.9. The van der Waals surface area contributed by atoms with Crippen molar-refractivity contribution in [3.63, 3.8) is 0 Å². The first-order valence-electron chi connectivity index (χ1n) is 7.84. The lowest BCUT2D eigenvalue weighted by Crippen LogP contribution is -2.36. The highest BCUT2D eigenvalue weighted by Gasteiger charge is 2.49. The molecule has 0 amide bonds. The molecule has 0 fully saturated rings.